The molecule has 114 valence electrons. The van der Waals surface area contributed by atoms with Crippen LogP contribution in [0.25, 0.3) is 5.69 Å². The zero-order valence-corrected chi connectivity index (χ0v) is 13.4. The van der Waals surface area contributed by atoms with E-state index in [1.165, 1.54) is 0 Å². The molecule has 0 aliphatic carbocycles. The monoisotopic (exact) mass is 297 g/mol. The van der Waals surface area contributed by atoms with Gasteiger partial charge in [0.05, 0.1) is 11.2 Å². The van der Waals surface area contributed by atoms with Crippen LogP contribution in [0.1, 0.15) is 27.7 Å². The molecule has 0 atom stereocenters. The van der Waals surface area contributed by atoms with Crippen molar-refractivity contribution in [2.45, 2.75) is 38.9 Å². The van der Waals surface area contributed by atoms with Crippen molar-refractivity contribution in [1.29, 1.82) is 0 Å². The standard InChI is InChI=1S/C17H20BNO3/c1-16(2)17(3,4)22-18(21-16)13-8-10-14(11-9-13)19-12-6-5-7-15(19)20/h5-12H,1-4H3. The fourth-order valence-corrected chi connectivity index (χ4v) is 2.41. The predicted molar refractivity (Wildman–Crippen MR) is 87.8 cm³/mol. The largest absolute Gasteiger partial charge is 0.494 e. The van der Waals surface area contributed by atoms with Gasteiger partial charge < -0.3 is 9.31 Å². The maximum absolute atomic E-state index is 11.8. The molecule has 0 bridgehead atoms. The van der Waals surface area contributed by atoms with Gasteiger partial charge in [-0.05, 0) is 51.4 Å². The van der Waals surface area contributed by atoms with E-state index in [2.05, 4.69) is 0 Å². The van der Waals surface area contributed by atoms with Gasteiger partial charge in [-0.25, -0.2) is 0 Å². The highest BCUT2D eigenvalue weighted by Gasteiger charge is 2.51. The molecule has 22 heavy (non-hydrogen) atoms. The van der Waals surface area contributed by atoms with Crippen molar-refractivity contribution in [3.63, 3.8) is 0 Å². The van der Waals surface area contributed by atoms with Crippen molar-refractivity contribution < 1.29 is 9.31 Å². The number of rotatable bonds is 2. The van der Waals surface area contributed by atoms with Crippen molar-refractivity contribution in [2.24, 2.45) is 0 Å². The van der Waals surface area contributed by atoms with Gasteiger partial charge in [0.1, 0.15) is 0 Å². The fraction of sp³-hybridized carbons (Fsp3) is 0.353. The molecule has 0 radical (unpaired) electrons. The lowest BCUT2D eigenvalue weighted by Gasteiger charge is -2.32. The Bertz CT molecular complexity index is 718. The number of hydrogen-bond donors (Lipinski definition) is 0. The van der Waals surface area contributed by atoms with Gasteiger partial charge in [0.15, 0.2) is 0 Å². The van der Waals surface area contributed by atoms with E-state index in [9.17, 15) is 4.79 Å². The number of aromatic nitrogens is 1. The first-order chi connectivity index (χ1) is 10.3. The topological polar surface area (TPSA) is 40.5 Å². The summed E-state index contributed by atoms with van der Waals surface area (Å²) in [4.78, 5) is 11.8. The molecular formula is C17H20BNO3. The molecule has 0 N–H and O–H groups in total. The van der Waals surface area contributed by atoms with Crippen LogP contribution in [0.3, 0.4) is 0 Å². The van der Waals surface area contributed by atoms with Crippen LogP contribution >= 0.6 is 0 Å². The third-order valence-corrected chi connectivity index (χ3v) is 4.52. The van der Waals surface area contributed by atoms with E-state index in [-0.39, 0.29) is 23.9 Å². The minimum absolute atomic E-state index is 0.0501. The smallest absolute Gasteiger partial charge is 0.399 e. The van der Waals surface area contributed by atoms with Crippen LogP contribution in [0.5, 0.6) is 0 Å². The van der Waals surface area contributed by atoms with Crippen molar-refractivity contribution in [2.75, 3.05) is 0 Å². The van der Waals surface area contributed by atoms with E-state index in [4.69, 9.17) is 9.31 Å². The molecule has 1 aromatic heterocycles. The van der Waals surface area contributed by atoms with Gasteiger partial charge in [0.2, 0.25) is 0 Å². The van der Waals surface area contributed by atoms with Crippen LogP contribution in [0.15, 0.2) is 53.5 Å². The molecule has 1 fully saturated rings. The molecule has 1 saturated heterocycles. The average Bonchev–Trinajstić information content (AvgIpc) is 2.68. The van der Waals surface area contributed by atoms with Crippen LogP contribution in [-0.2, 0) is 9.31 Å². The molecule has 0 saturated carbocycles. The fourth-order valence-electron chi connectivity index (χ4n) is 2.41. The minimum Gasteiger partial charge on any atom is -0.399 e. The van der Waals surface area contributed by atoms with Crippen LogP contribution < -0.4 is 11.0 Å². The van der Waals surface area contributed by atoms with Gasteiger partial charge in [-0.2, -0.15) is 0 Å². The summed E-state index contributed by atoms with van der Waals surface area (Å²) >= 11 is 0. The Morgan fingerprint density at radius 3 is 2.05 bits per heavy atom. The van der Waals surface area contributed by atoms with Crippen LogP contribution in [0, 0.1) is 0 Å². The number of benzene rings is 1. The quantitative estimate of drug-likeness (QED) is 0.797. The van der Waals surface area contributed by atoms with Gasteiger partial charge >= 0.3 is 7.12 Å². The summed E-state index contributed by atoms with van der Waals surface area (Å²) in [5.41, 5.74) is 1.02. The van der Waals surface area contributed by atoms with Crippen LogP contribution in [0.2, 0.25) is 0 Å². The molecule has 1 aliphatic heterocycles. The molecule has 0 spiro atoms. The molecule has 5 heteroatoms. The molecule has 1 aliphatic rings. The number of hydrogen-bond acceptors (Lipinski definition) is 3. The summed E-state index contributed by atoms with van der Waals surface area (Å²) in [6.07, 6.45) is 1.76. The lowest BCUT2D eigenvalue weighted by atomic mass is 9.79. The Kier molecular flexibility index (Phi) is 3.50. The molecule has 2 heterocycles. The summed E-state index contributed by atoms with van der Waals surface area (Å²) in [6, 6.07) is 12.8. The molecule has 2 aromatic rings. The Morgan fingerprint density at radius 2 is 1.50 bits per heavy atom. The Balaban J connectivity index is 1.88. The van der Waals surface area contributed by atoms with Gasteiger partial charge in [-0.3, -0.25) is 9.36 Å². The van der Waals surface area contributed by atoms with Gasteiger partial charge in [0, 0.05) is 18.0 Å². The van der Waals surface area contributed by atoms with E-state index in [1.54, 1.807) is 22.9 Å². The number of nitrogens with zero attached hydrogens (tertiary/aromatic N) is 1. The van der Waals surface area contributed by atoms with E-state index in [1.807, 2.05) is 58.0 Å². The van der Waals surface area contributed by atoms with Gasteiger partial charge in [-0.1, -0.05) is 18.2 Å². The third-order valence-electron chi connectivity index (χ3n) is 4.52. The Morgan fingerprint density at radius 1 is 0.909 bits per heavy atom. The lowest BCUT2D eigenvalue weighted by Crippen LogP contribution is -2.41. The predicted octanol–water partition coefficient (Wildman–Crippen LogP) is 2.14. The summed E-state index contributed by atoms with van der Waals surface area (Å²) in [5.74, 6) is 0. The van der Waals surface area contributed by atoms with E-state index < -0.39 is 0 Å². The average molecular weight is 297 g/mol. The molecular weight excluding hydrogens is 277 g/mol. The zero-order chi connectivity index (χ0) is 16.0. The van der Waals surface area contributed by atoms with Crippen molar-refractivity contribution in [3.8, 4) is 5.69 Å². The molecule has 3 rings (SSSR count). The first kappa shape index (κ1) is 15.1. The lowest BCUT2D eigenvalue weighted by molar-refractivity contribution is 0.00578. The molecule has 1 aromatic carbocycles. The zero-order valence-electron chi connectivity index (χ0n) is 13.4. The van der Waals surface area contributed by atoms with E-state index in [0.29, 0.717) is 0 Å². The van der Waals surface area contributed by atoms with E-state index in [0.717, 1.165) is 11.2 Å². The Labute approximate surface area is 130 Å². The second kappa shape index (κ2) is 5.11. The summed E-state index contributed by atoms with van der Waals surface area (Å²) < 4.78 is 13.7. The first-order valence-electron chi connectivity index (χ1n) is 7.44. The summed E-state index contributed by atoms with van der Waals surface area (Å²) in [7, 11) is -0.383. The maximum atomic E-state index is 11.8. The minimum atomic E-state index is -0.383. The highest BCUT2D eigenvalue weighted by molar-refractivity contribution is 6.62. The summed E-state index contributed by atoms with van der Waals surface area (Å²) in [5, 5.41) is 0. The van der Waals surface area contributed by atoms with Crippen LogP contribution in [0.4, 0.5) is 0 Å². The summed E-state index contributed by atoms with van der Waals surface area (Å²) in [6.45, 7) is 8.13. The maximum Gasteiger partial charge on any atom is 0.494 e. The normalized spacial score (nSPS) is 19.4. The number of pyridine rings is 1. The van der Waals surface area contributed by atoms with Gasteiger partial charge in [0.25, 0.3) is 5.56 Å². The Hall–Kier alpha value is -1.85. The van der Waals surface area contributed by atoms with Crippen molar-refractivity contribution in [3.05, 3.63) is 59.0 Å². The third kappa shape index (κ3) is 2.51. The SMILES string of the molecule is CC1(C)OB(c2ccc(-n3ccccc3=O)cc2)OC1(C)C. The highest BCUT2D eigenvalue weighted by atomic mass is 16.7. The first-order valence-corrected chi connectivity index (χ1v) is 7.44. The second-order valence-electron chi connectivity index (χ2n) is 6.59. The molecule has 0 unspecified atom stereocenters. The van der Waals surface area contributed by atoms with Crippen LogP contribution in [-0.4, -0.2) is 22.9 Å². The van der Waals surface area contributed by atoms with E-state index >= 15 is 0 Å². The molecule has 4 nitrogen and oxygen atoms in total. The molecule has 0 amide bonds. The highest BCUT2D eigenvalue weighted by Crippen LogP contribution is 2.36. The van der Waals surface area contributed by atoms with Gasteiger partial charge in [-0.15, -0.1) is 0 Å². The van der Waals surface area contributed by atoms with Crippen molar-refractivity contribution in [1.82, 2.24) is 4.57 Å². The second-order valence-corrected chi connectivity index (χ2v) is 6.59. The van der Waals surface area contributed by atoms with Crippen molar-refractivity contribution >= 4 is 12.6 Å².